The average molecular weight is 407 g/mol. The molecule has 0 aliphatic heterocycles. The molecule has 0 N–H and O–H groups in total. The number of rotatable bonds is 5. The SMILES string of the molecule is COC(=O)c1cc(CN(C)C(=O)c2nn(-c3ccccc3C)c3c2CCC3)oc1C. The van der Waals surface area contributed by atoms with Crippen LogP contribution in [0.3, 0.4) is 0 Å². The lowest BCUT2D eigenvalue weighted by atomic mass is 10.1. The molecule has 0 atom stereocenters. The van der Waals surface area contributed by atoms with Crippen LogP contribution in [-0.2, 0) is 24.1 Å². The number of fused-ring (bicyclic) bond motifs is 1. The molecule has 0 saturated carbocycles. The van der Waals surface area contributed by atoms with E-state index in [2.05, 4.69) is 0 Å². The van der Waals surface area contributed by atoms with Crippen LogP contribution in [0.2, 0.25) is 0 Å². The van der Waals surface area contributed by atoms with Crippen molar-refractivity contribution in [2.45, 2.75) is 39.7 Å². The second-order valence-corrected chi connectivity index (χ2v) is 7.66. The Hall–Kier alpha value is -3.35. The number of methoxy groups -OCH3 is 1. The summed E-state index contributed by atoms with van der Waals surface area (Å²) in [5, 5.41) is 4.71. The van der Waals surface area contributed by atoms with Gasteiger partial charge in [0.25, 0.3) is 5.91 Å². The predicted molar refractivity (Wildman–Crippen MR) is 111 cm³/mol. The number of benzene rings is 1. The van der Waals surface area contributed by atoms with E-state index in [0.29, 0.717) is 22.8 Å². The topological polar surface area (TPSA) is 77.6 Å². The Morgan fingerprint density at radius 1 is 1.23 bits per heavy atom. The van der Waals surface area contributed by atoms with Gasteiger partial charge in [0.1, 0.15) is 17.1 Å². The number of para-hydroxylation sites is 1. The molecule has 0 saturated heterocycles. The molecule has 2 aromatic heterocycles. The van der Waals surface area contributed by atoms with Crippen molar-refractivity contribution in [1.29, 1.82) is 0 Å². The molecule has 156 valence electrons. The maximum atomic E-state index is 13.2. The van der Waals surface area contributed by atoms with Crippen molar-refractivity contribution in [3.8, 4) is 5.69 Å². The first kappa shape index (κ1) is 19.9. The van der Waals surface area contributed by atoms with Gasteiger partial charge < -0.3 is 14.1 Å². The molecular weight excluding hydrogens is 382 g/mol. The van der Waals surface area contributed by atoms with E-state index in [1.807, 2.05) is 35.9 Å². The summed E-state index contributed by atoms with van der Waals surface area (Å²) in [7, 11) is 3.04. The summed E-state index contributed by atoms with van der Waals surface area (Å²) in [5.41, 5.74) is 5.12. The second kappa shape index (κ2) is 7.82. The summed E-state index contributed by atoms with van der Waals surface area (Å²) in [6, 6.07) is 9.68. The van der Waals surface area contributed by atoms with Crippen LogP contribution >= 0.6 is 0 Å². The molecule has 7 nitrogen and oxygen atoms in total. The number of hydrogen-bond donors (Lipinski definition) is 0. The van der Waals surface area contributed by atoms with Crippen molar-refractivity contribution in [1.82, 2.24) is 14.7 Å². The molecule has 1 aromatic carbocycles. The van der Waals surface area contributed by atoms with Gasteiger partial charge in [0, 0.05) is 18.3 Å². The Morgan fingerprint density at radius 2 is 2.00 bits per heavy atom. The fourth-order valence-electron chi connectivity index (χ4n) is 4.03. The number of carbonyl (C=O) groups excluding carboxylic acids is 2. The van der Waals surface area contributed by atoms with E-state index < -0.39 is 5.97 Å². The lowest BCUT2D eigenvalue weighted by Crippen LogP contribution is -2.27. The molecule has 7 heteroatoms. The number of carbonyl (C=O) groups is 2. The van der Waals surface area contributed by atoms with Crippen LogP contribution in [-0.4, -0.2) is 40.7 Å². The van der Waals surface area contributed by atoms with Gasteiger partial charge in [0.2, 0.25) is 0 Å². The quantitative estimate of drug-likeness (QED) is 0.604. The molecule has 30 heavy (non-hydrogen) atoms. The predicted octanol–water partition coefficient (Wildman–Crippen LogP) is 3.63. The number of ether oxygens (including phenoxy) is 1. The monoisotopic (exact) mass is 407 g/mol. The fourth-order valence-corrected chi connectivity index (χ4v) is 4.03. The van der Waals surface area contributed by atoms with Gasteiger partial charge in [-0.1, -0.05) is 18.2 Å². The lowest BCUT2D eigenvalue weighted by Gasteiger charge is -2.15. The Morgan fingerprint density at radius 3 is 2.73 bits per heavy atom. The third-order valence-electron chi connectivity index (χ3n) is 5.59. The first-order valence-corrected chi connectivity index (χ1v) is 10.0. The normalized spacial score (nSPS) is 12.7. The summed E-state index contributed by atoms with van der Waals surface area (Å²) in [6.07, 6.45) is 2.78. The van der Waals surface area contributed by atoms with Crippen molar-refractivity contribution in [3.05, 3.63) is 69.9 Å². The smallest absolute Gasteiger partial charge is 0.341 e. The zero-order valence-electron chi connectivity index (χ0n) is 17.7. The third-order valence-corrected chi connectivity index (χ3v) is 5.59. The van der Waals surface area contributed by atoms with Gasteiger partial charge >= 0.3 is 5.97 Å². The minimum atomic E-state index is -0.453. The number of amides is 1. The van der Waals surface area contributed by atoms with Gasteiger partial charge in [0.05, 0.1) is 19.3 Å². The van der Waals surface area contributed by atoms with E-state index in [4.69, 9.17) is 14.3 Å². The highest BCUT2D eigenvalue weighted by atomic mass is 16.5. The average Bonchev–Trinajstić information content (AvgIpc) is 3.43. The first-order valence-electron chi connectivity index (χ1n) is 10.0. The fraction of sp³-hybridized carbons (Fsp3) is 0.348. The van der Waals surface area contributed by atoms with Crippen LogP contribution in [0.25, 0.3) is 5.69 Å². The summed E-state index contributed by atoms with van der Waals surface area (Å²) < 4.78 is 12.3. The molecule has 0 bridgehead atoms. The van der Waals surface area contributed by atoms with E-state index in [1.54, 1.807) is 24.9 Å². The van der Waals surface area contributed by atoms with Crippen molar-refractivity contribution in [2.24, 2.45) is 0 Å². The van der Waals surface area contributed by atoms with Gasteiger partial charge in [-0.25, -0.2) is 9.48 Å². The van der Waals surface area contributed by atoms with Gasteiger partial charge in [-0.05, 0) is 50.8 Å². The number of aromatic nitrogens is 2. The number of aryl methyl sites for hydroxylation is 2. The number of hydrogen-bond acceptors (Lipinski definition) is 5. The molecule has 1 aliphatic rings. The Labute approximate surface area is 175 Å². The molecule has 3 aromatic rings. The van der Waals surface area contributed by atoms with Crippen molar-refractivity contribution >= 4 is 11.9 Å². The Kier molecular flexibility index (Phi) is 5.20. The van der Waals surface area contributed by atoms with Crippen molar-refractivity contribution in [3.63, 3.8) is 0 Å². The zero-order valence-corrected chi connectivity index (χ0v) is 17.7. The maximum absolute atomic E-state index is 13.2. The minimum absolute atomic E-state index is 0.158. The highest BCUT2D eigenvalue weighted by molar-refractivity contribution is 5.94. The summed E-state index contributed by atoms with van der Waals surface area (Å²) in [5.74, 6) is 0.390. The lowest BCUT2D eigenvalue weighted by molar-refractivity contribution is 0.0598. The molecule has 0 radical (unpaired) electrons. The molecule has 0 unspecified atom stereocenters. The second-order valence-electron chi connectivity index (χ2n) is 7.66. The van der Waals surface area contributed by atoms with Crippen molar-refractivity contribution < 1.29 is 18.7 Å². The van der Waals surface area contributed by atoms with Crippen LogP contribution in [0.4, 0.5) is 0 Å². The molecule has 0 fully saturated rings. The van der Waals surface area contributed by atoms with E-state index >= 15 is 0 Å². The first-order chi connectivity index (χ1) is 14.4. The van der Waals surface area contributed by atoms with Crippen molar-refractivity contribution in [2.75, 3.05) is 14.2 Å². The largest absolute Gasteiger partial charge is 0.465 e. The minimum Gasteiger partial charge on any atom is -0.465 e. The summed E-state index contributed by atoms with van der Waals surface area (Å²) >= 11 is 0. The van der Waals surface area contributed by atoms with Gasteiger partial charge in [-0.15, -0.1) is 0 Å². The maximum Gasteiger partial charge on any atom is 0.341 e. The number of furan rings is 1. The Bertz CT molecular complexity index is 1130. The standard InChI is InChI=1S/C23H25N3O4/c1-14-8-5-6-10-19(14)26-20-11-7-9-17(20)21(24-26)22(27)25(3)13-16-12-18(15(2)30-16)23(28)29-4/h5-6,8,10,12H,7,9,11,13H2,1-4H3. The molecule has 4 rings (SSSR count). The number of esters is 1. The van der Waals surface area contributed by atoms with E-state index in [-0.39, 0.29) is 12.5 Å². The van der Waals surface area contributed by atoms with Crippen LogP contribution in [0, 0.1) is 13.8 Å². The van der Waals surface area contributed by atoms with E-state index in [1.165, 1.54) is 7.11 Å². The highest BCUT2D eigenvalue weighted by Gasteiger charge is 2.29. The summed E-state index contributed by atoms with van der Waals surface area (Å²) in [6.45, 7) is 3.99. The number of nitrogens with zero attached hydrogens (tertiary/aromatic N) is 3. The van der Waals surface area contributed by atoms with E-state index in [0.717, 1.165) is 41.8 Å². The van der Waals surface area contributed by atoms with E-state index in [9.17, 15) is 9.59 Å². The van der Waals surface area contributed by atoms with Crippen LogP contribution in [0.1, 0.15) is 55.6 Å². The highest BCUT2D eigenvalue weighted by Crippen LogP contribution is 2.29. The summed E-state index contributed by atoms with van der Waals surface area (Å²) in [4.78, 5) is 26.6. The van der Waals surface area contributed by atoms with Gasteiger partial charge in [-0.3, -0.25) is 4.79 Å². The van der Waals surface area contributed by atoms with Crippen LogP contribution in [0.15, 0.2) is 34.7 Å². The van der Waals surface area contributed by atoms with Gasteiger partial charge in [0.15, 0.2) is 5.69 Å². The third kappa shape index (κ3) is 3.40. The molecule has 2 heterocycles. The Balaban J connectivity index is 1.62. The zero-order chi connectivity index (χ0) is 21.4. The van der Waals surface area contributed by atoms with Gasteiger partial charge in [-0.2, -0.15) is 5.10 Å². The van der Waals surface area contributed by atoms with Crippen LogP contribution < -0.4 is 0 Å². The molecule has 0 spiro atoms. The molecule has 1 amide bonds. The molecular formula is C23H25N3O4. The molecule has 1 aliphatic carbocycles. The van der Waals surface area contributed by atoms with Crippen LogP contribution in [0.5, 0.6) is 0 Å².